The first-order valence-corrected chi connectivity index (χ1v) is 14.6. The Labute approximate surface area is 260 Å². The minimum Gasteiger partial charge on any atom is -0.370 e. The van der Waals surface area contributed by atoms with Crippen LogP contribution >= 0.6 is 0 Å². The number of halogens is 3. The number of fused-ring (bicyclic) bond motifs is 1. The van der Waals surface area contributed by atoms with E-state index in [-0.39, 0.29) is 41.5 Å². The molecule has 45 heavy (non-hydrogen) atoms. The molecule has 0 saturated carbocycles. The summed E-state index contributed by atoms with van der Waals surface area (Å²) in [4.78, 5) is 19.8. The lowest BCUT2D eigenvalue weighted by atomic mass is 9.97. The molecule has 9 nitrogen and oxygen atoms in total. The Balaban J connectivity index is 1.64. The van der Waals surface area contributed by atoms with Gasteiger partial charge in [-0.1, -0.05) is 13.8 Å². The third-order valence-electron chi connectivity index (χ3n) is 7.42. The third kappa shape index (κ3) is 6.83. The molecule has 2 aromatic heterocycles. The molecule has 0 radical (unpaired) electrons. The van der Waals surface area contributed by atoms with E-state index >= 15 is 0 Å². The van der Waals surface area contributed by atoms with Gasteiger partial charge in [0.05, 0.1) is 23.7 Å². The second-order valence-corrected chi connectivity index (χ2v) is 12.7. The first kappa shape index (κ1) is 31.7. The van der Waals surface area contributed by atoms with E-state index in [2.05, 4.69) is 31.9 Å². The maximum Gasteiger partial charge on any atom is 0.416 e. The summed E-state index contributed by atoms with van der Waals surface area (Å²) in [6, 6.07) is 13.5. The highest BCUT2D eigenvalue weighted by Crippen LogP contribution is 2.41. The van der Waals surface area contributed by atoms with Crippen LogP contribution in [0.4, 0.5) is 24.8 Å². The zero-order valence-electron chi connectivity index (χ0n) is 26.0. The molecular weight excluding hydrogens is 581 g/mol. The van der Waals surface area contributed by atoms with Gasteiger partial charge in [-0.05, 0) is 91.4 Å². The molecule has 4 aromatic rings. The molecule has 5 rings (SSSR count). The number of anilines is 2. The van der Waals surface area contributed by atoms with E-state index in [9.17, 15) is 23.2 Å². The van der Waals surface area contributed by atoms with Crippen molar-refractivity contribution in [3.63, 3.8) is 0 Å². The lowest BCUT2D eigenvalue weighted by Gasteiger charge is -2.21. The van der Waals surface area contributed by atoms with Gasteiger partial charge in [0, 0.05) is 36.8 Å². The number of nitrogens with one attached hydrogen (secondary N) is 2. The van der Waals surface area contributed by atoms with Crippen molar-refractivity contribution in [1.29, 1.82) is 5.26 Å². The molecule has 0 aliphatic carbocycles. The van der Waals surface area contributed by atoms with E-state index in [1.807, 2.05) is 34.6 Å². The Bertz CT molecular complexity index is 1800. The SMILES string of the molecule is CC(C)CNc1cc(-c2cc(C#N)ccc2-c2nncn2C)cc(N2Cc3c(cc(CNC(C)(C)C)cc3C(F)(F)F)C2=O)n1. The molecule has 2 N–H and O–H groups in total. The number of alkyl halides is 3. The Hall–Kier alpha value is -4.76. The second-order valence-electron chi connectivity index (χ2n) is 12.7. The van der Waals surface area contributed by atoms with E-state index in [0.717, 1.165) is 6.07 Å². The fraction of sp³-hybridized carbons (Fsp3) is 0.364. The van der Waals surface area contributed by atoms with Crippen molar-refractivity contribution < 1.29 is 18.0 Å². The average Bonchev–Trinajstić information content (AvgIpc) is 3.55. The van der Waals surface area contributed by atoms with Crippen molar-refractivity contribution in [2.45, 2.75) is 59.4 Å². The van der Waals surface area contributed by atoms with Crippen LogP contribution in [0, 0.1) is 17.2 Å². The molecular formula is C33H35F3N8O. The fourth-order valence-electron chi connectivity index (χ4n) is 5.16. The van der Waals surface area contributed by atoms with Gasteiger partial charge in [0.2, 0.25) is 0 Å². The minimum absolute atomic E-state index is 0.00526. The molecule has 0 fully saturated rings. The van der Waals surface area contributed by atoms with Crippen molar-refractivity contribution >= 4 is 17.5 Å². The Morgan fingerprint density at radius 3 is 2.42 bits per heavy atom. The number of rotatable bonds is 8. The molecule has 2 aromatic carbocycles. The number of carbonyl (C=O) groups is 1. The molecule has 12 heteroatoms. The van der Waals surface area contributed by atoms with Crippen LogP contribution in [0.25, 0.3) is 22.5 Å². The van der Waals surface area contributed by atoms with E-state index in [1.54, 1.807) is 48.3 Å². The summed E-state index contributed by atoms with van der Waals surface area (Å²) < 4.78 is 44.8. The fourth-order valence-corrected chi connectivity index (χ4v) is 5.16. The zero-order valence-corrected chi connectivity index (χ0v) is 26.0. The number of nitriles is 1. The monoisotopic (exact) mass is 616 g/mol. The van der Waals surface area contributed by atoms with Gasteiger partial charge in [-0.3, -0.25) is 9.69 Å². The summed E-state index contributed by atoms with van der Waals surface area (Å²) in [6.45, 7) is 10.3. The Morgan fingerprint density at radius 2 is 1.80 bits per heavy atom. The molecule has 0 atom stereocenters. The lowest BCUT2D eigenvalue weighted by molar-refractivity contribution is -0.138. The maximum atomic E-state index is 14.3. The summed E-state index contributed by atoms with van der Waals surface area (Å²) in [6.07, 6.45) is -3.09. The molecule has 0 saturated heterocycles. The smallest absolute Gasteiger partial charge is 0.370 e. The molecule has 234 valence electrons. The molecule has 1 amide bonds. The summed E-state index contributed by atoms with van der Waals surface area (Å²) in [5, 5.41) is 24.4. The average molecular weight is 617 g/mol. The molecule has 0 spiro atoms. The second kappa shape index (κ2) is 12.0. The van der Waals surface area contributed by atoms with Gasteiger partial charge in [-0.15, -0.1) is 10.2 Å². The van der Waals surface area contributed by atoms with Crippen molar-refractivity contribution in [2.24, 2.45) is 13.0 Å². The summed E-state index contributed by atoms with van der Waals surface area (Å²) >= 11 is 0. The van der Waals surface area contributed by atoms with Gasteiger partial charge in [0.15, 0.2) is 5.82 Å². The van der Waals surface area contributed by atoms with E-state index in [0.29, 0.717) is 46.0 Å². The highest BCUT2D eigenvalue weighted by Gasteiger charge is 2.41. The molecule has 1 aliphatic rings. The highest BCUT2D eigenvalue weighted by atomic mass is 19.4. The van der Waals surface area contributed by atoms with Crippen LogP contribution in [-0.4, -0.2) is 37.7 Å². The normalized spacial score (nSPS) is 13.4. The first-order valence-electron chi connectivity index (χ1n) is 14.6. The number of nitrogens with zero attached hydrogens (tertiary/aromatic N) is 6. The van der Waals surface area contributed by atoms with Crippen LogP contribution < -0.4 is 15.5 Å². The maximum absolute atomic E-state index is 14.3. The zero-order chi connectivity index (χ0) is 32.7. The third-order valence-corrected chi connectivity index (χ3v) is 7.42. The highest BCUT2D eigenvalue weighted by molar-refractivity contribution is 6.10. The topological polar surface area (TPSA) is 112 Å². The number of aryl methyl sites for hydroxylation is 1. The van der Waals surface area contributed by atoms with E-state index in [4.69, 9.17) is 0 Å². The predicted octanol–water partition coefficient (Wildman–Crippen LogP) is 6.55. The number of benzene rings is 2. The van der Waals surface area contributed by atoms with Crippen molar-refractivity contribution in [3.05, 3.63) is 76.6 Å². The standard InChI is InChI=1S/C33H35F3N8O/c1-19(2)15-38-28-12-22(24-9-20(14-37)7-8-23(24)30-42-40-18-43(30)6)13-29(41-28)44-17-26-25(31(44)45)10-21(16-39-32(3,4)5)11-27(26)33(34,35)36/h7-13,18-19,39H,15-17H2,1-6H3,(H,38,41). The van der Waals surface area contributed by atoms with Crippen LogP contribution in [0.2, 0.25) is 0 Å². The van der Waals surface area contributed by atoms with Gasteiger partial charge >= 0.3 is 6.18 Å². The number of hydrogen-bond acceptors (Lipinski definition) is 7. The van der Waals surface area contributed by atoms with Crippen molar-refractivity contribution in [3.8, 4) is 28.6 Å². The number of aromatic nitrogens is 4. The predicted molar refractivity (Wildman–Crippen MR) is 166 cm³/mol. The molecule has 0 bridgehead atoms. The first-order chi connectivity index (χ1) is 21.1. The minimum atomic E-state index is -4.65. The van der Waals surface area contributed by atoms with E-state index in [1.165, 1.54) is 11.0 Å². The van der Waals surface area contributed by atoms with Gasteiger partial charge in [-0.25, -0.2) is 4.98 Å². The largest absolute Gasteiger partial charge is 0.416 e. The van der Waals surface area contributed by atoms with Gasteiger partial charge < -0.3 is 15.2 Å². The van der Waals surface area contributed by atoms with Crippen molar-refractivity contribution in [2.75, 3.05) is 16.8 Å². The summed E-state index contributed by atoms with van der Waals surface area (Å²) in [7, 11) is 1.80. The Kier molecular flexibility index (Phi) is 8.42. The van der Waals surface area contributed by atoms with Crippen molar-refractivity contribution in [1.82, 2.24) is 25.1 Å². The summed E-state index contributed by atoms with van der Waals surface area (Å²) in [5.41, 5.74) is 1.47. The quantitative estimate of drug-likeness (QED) is 0.231. The molecule has 0 unspecified atom stereocenters. The number of amides is 1. The van der Waals surface area contributed by atoms with Crippen LogP contribution in [0.5, 0.6) is 0 Å². The Morgan fingerprint density at radius 1 is 1.04 bits per heavy atom. The van der Waals surface area contributed by atoms with Gasteiger partial charge in [-0.2, -0.15) is 18.4 Å². The van der Waals surface area contributed by atoms with Crippen LogP contribution in [0.3, 0.4) is 0 Å². The lowest BCUT2D eigenvalue weighted by Crippen LogP contribution is -2.35. The number of hydrogen-bond donors (Lipinski definition) is 2. The van der Waals surface area contributed by atoms with Gasteiger partial charge in [0.1, 0.15) is 18.0 Å². The van der Waals surface area contributed by atoms with Crippen LogP contribution in [0.15, 0.2) is 48.8 Å². The number of carbonyl (C=O) groups excluding carboxylic acids is 1. The van der Waals surface area contributed by atoms with E-state index < -0.39 is 17.6 Å². The van der Waals surface area contributed by atoms with Crippen LogP contribution in [0.1, 0.15) is 67.2 Å². The number of pyridine rings is 1. The van der Waals surface area contributed by atoms with Gasteiger partial charge in [0.25, 0.3) is 5.91 Å². The van der Waals surface area contributed by atoms with Crippen LogP contribution in [-0.2, 0) is 26.3 Å². The summed E-state index contributed by atoms with van der Waals surface area (Å²) in [5.74, 6) is 0.889. The molecule has 3 heterocycles. The molecule has 1 aliphatic heterocycles.